The van der Waals surface area contributed by atoms with E-state index in [0.29, 0.717) is 23.0 Å². The first-order chi connectivity index (χ1) is 19.2. The zero-order valence-corrected chi connectivity index (χ0v) is 27.4. The van der Waals surface area contributed by atoms with Gasteiger partial charge in [-0.25, -0.2) is 0 Å². The molecule has 4 rings (SSSR count). The van der Waals surface area contributed by atoms with Crippen molar-refractivity contribution >= 4 is 0 Å². The van der Waals surface area contributed by atoms with Crippen LogP contribution in [0.15, 0.2) is 48.5 Å². The Morgan fingerprint density at radius 1 is 0.452 bits per heavy atom. The summed E-state index contributed by atoms with van der Waals surface area (Å²) in [7, 11) is 0. The predicted molar refractivity (Wildman–Crippen MR) is 176 cm³/mol. The van der Waals surface area contributed by atoms with E-state index in [9.17, 15) is 20.4 Å². The molecule has 0 fully saturated rings. The lowest BCUT2D eigenvalue weighted by Gasteiger charge is -2.29. The first kappa shape index (κ1) is 32.6. The number of hydrogen-bond donors (Lipinski definition) is 4. The molecule has 4 nitrogen and oxygen atoms in total. The van der Waals surface area contributed by atoms with Gasteiger partial charge in [0.25, 0.3) is 0 Å². The number of benzene rings is 4. The Kier molecular flexibility index (Phi) is 9.12. The van der Waals surface area contributed by atoms with Crippen LogP contribution >= 0.6 is 0 Å². The van der Waals surface area contributed by atoms with E-state index < -0.39 is 0 Å². The van der Waals surface area contributed by atoms with Crippen molar-refractivity contribution < 1.29 is 20.4 Å². The van der Waals surface area contributed by atoms with Crippen molar-refractivity contribution in [2.75, 3.05) is 0 Å². The topological polar surface area (TPSA) is 80.9 Å². The maximum atomic E-state index is 10.8. The summed E-state index contributed by atoms with van der Waals surface area (Å²) in [6.45, 7) is 24.6. The summed E-state index contributed by atoms with van der Waals surface area (Å²) in [5.41, 5.74) is 11.7. The Bertz CT molecular complexity index is 1580. The maximum absolute atomic E-state index is 10.8. The number of hydrogen-bond acceptors (Lipinski definition) is 4. The van der Waals surface area contributed by atoms with Gasteiger partial charge in [-0.3, -0.25) is 0 Å². The third-order valence-corrected chi connectivity index (χ3v) is 8.15. The maximum Gasteiger partial charge on any atom is 0.122 e. The summed E-state index contributed by atoms with van der Waals surface area (Å²) in [6.07, 6.45) is 0. The molecule has 0 saturated heterocycles. The number of phenolic OH excluding ortho intramolecular Hbond substituents is 4. The fourth-order valence-electron chi connectivity index (χ4n) is 5.65. The molecule has 0 aliphatic heterocycles. The highest BCUT2D eigenvalue weighted by molar-refractivity contribution is 5.78. The Morgan fingerprint density at radius 2 is 0.905 bits per heavy atom. The first-order valence-corrected chi connectivity index (χ1v) is 14.5. The van der Waals surface area contributed by atoms with E-state index in [4.69, 9.17) is 0 Å². The molecule has 4 aromatic rings. The van der Waals surface area contributed by atoms with Crippen molar-refractivity contribution in [3.05, 3.63) is 93.0 Å². The second kappa shape index (κ2) is 11.8. The molecule has 0 radical (unpaired) electrons. The van der Waals surface area contributed by atoms with Crippen molar-refractivity contribution in [1.29, 1.82) is 0 Å². The van der Waals surface area contributed by atoms with Crippen LogP contribution in [0, 0.1) is 41.5 Å². The van der Waals surface area contributed by atoms with Crippen LogP contribution in [0.5, 0.6) is 23.0 Å². The largest absolute Gasteiger partial charge is 0.508 e. The molecule has 4 heteroatoms. The minimum absolute atomic E-state index is 0.147. The van der Waals surface area contributed by atoms with Crippen LogP contribution in [0.3, 0.4) is 0 Å². The van der Waals surface area contributed by atoms with Crippen molar-refractivity contribution in [3.8, 4) is 45.3 Å². The van der Waals surface area contributed by atoms with Crippen molar-refractivity contribution in [1.82, 2.24) is 0 Å². The first-order valence-electron chi connectivity index (χ1n) is 14.5. The molecule has 0 aliphatic rings. The molecular weight excluding hydrogens is 520 g/mol. The molecule has 0 aromatic heterocycles. The molecule has 224 valence electrons. The third-order valence-electron chi connectivity index (χ3n) is 8.15. The predicted octanol–water partition coefficient (Wildman–Crippen LogP) is 9.98. The highest BCUT2D eigenvalue weighted by Crippen LogP contribution is 2.45. The molecule has 0 atom stereocenters. The lowest BCUT2D eigenvalue weighted by atomic mass is 9.76. The van der Waals surface area contributed by atoms with Crippen LogP contribution in [-0.4, -0.2) is 20.4 Å². The van der Waals surface area contributed by atoms with Crippen molar-refractivity contribution in [2.24, 2.45) is 0 Å². The van der Waals surface area contributed by atoms with E-state index in [1.165, 1.54) is 5.56 Å². The molecule has 0 aliphatic carbocycles. The lowest BCUT2D eigenvalue weighted by Crippen LogP contribution is -2.16. The summed E-state index contributed by atoms with van der Waals surface area (Å²) in [5.74, 6) is 1.39. The van der Waals surface area contributed by atoms with Gasteiger partial charge >= 0.3 is 0 Å². The van der Waals surface area contributed by atoms with E-state index in [1.54, 1.807) is 12.1 Å². The normalized spacial score (nSPS) is 11.7. The Morgan fingerprint density at radius 3 is 1.31 bits per heavy atom. The van der Waals surface area contributed by atoms with Crippen LogP contribution in [0.25, 0.3) is 22.3 Å². The molecule has 0 saturated carbocycles. The van der Waals surface area contributed by atoms with Gasteiger partial charge in [0.05, 0.1) is 0 Å². The molecule has 4 aromatic carbocycles. The van der Waals surface area contributed by atoms with E-state index in [1.807, 2.05) is 52.0 Å². The molecule has 0 amide bonds. The Hall–Kier alpha value is -3.92. The molecule has 0 heterocycles. The number of aryl methyl sites for hydroxylation is 3. The fraction of sp³-hybridized carbons (Fsp3) is 0.368. The van der Waals surface area contributed by atoms with Gasteiger partial charge in [-0.2, -0.15) is 0 Å². The fourth-order valence-corrected chi connectivity index (χ4v) is 5.65. The van der Waals surface area contributed by atoms with Gasteiger partial charge in [-0.05, 0) is 144 Å². The van der Waals surface area contributed by atoms with Crippen LogP contribution in [0.2, 0.25) is 0 Å². The quantitative estimate of drug-likeness (QED) is 0.194. The monoisotopic (exact) mass is 568 g/mol. The Labute approximate surface area is 252 Å². The van der Waals surface area contributed by atoms with E-state index in [-0.39, 0.29) is 10.8 Å². The van der Waals surface area contributed by atoms with Crippen LogP contribution < -0.4 is 0 Å². The average Bonchev–Trinajstić information content (AvgIpc) is 2.87. The molecule has 4 N–H and O–H groups in total. The van der Waals surface area contributed by atoms with E-state index in [2.05, 4.69) is 67.5 Å². The van der Waals surface area contributed by atoms with Gasteiger partial charge in [-0.15, -0.1) is 0 Å². The zero-order valence-electron chi connectivity index (χ0n) is 27.4. The third kappa shape index (κ3) is 6.59. The lowest BCUT2D eigenvalue weighted by molar-refractivity contribution is 0.440. The summed E-state index contributed by atoms with van der Waals surface area (Å²) in [4.78, 5) is 0. The van der Waals surface area contributed by atoms with Gasteiger partial charge in [0.1, 0.15) is 23.0 Å². The summed E-state index contributed by atoms with van der Waals surface area (Å²) in [6, 6.07) is 15.1. The highest BCUT2D eigenvalue weighted by atomic mass is 16.3. The second-order valence-corrected chi connectivity index (χ2v) is 13.7. The minimum Gasteiger partial charge on any atom is -0.508 e. The van der Waals surface area contributed by atoms with Gasteiger partial charge in [0.15, 0.2) is 0 Å². The van der Waals surface area contributed by atoms with Crippen molar-refractivity contribution in [3.63, 3.8) is 0 Å². The second-order valence-electron chi connectivity index (χ2n) is 13.7. The van der Waals surface area contributed by atoms with Gasteiger partial charge in [0, 0.05) is 11.1 Å². The summed E-state index contributed by atoms with van der Waals surface area (Å²) in [5, 5.41) is 40.3. The van der Waals surface area contributed by atoms with Gasteiger partial charge in [-0.1, -0.05) is 53.7 Å². The van der Waals surface area contributed by atoms with Crippen LogP contribution in [0.1, 0.15) is 86.1 Å². The van der Waals surface area contributed by atoms with E-state index in [0.717, 1.165) is 61.2 Å². The zero-order chi connectivity index (χ0) is 31.9. The summed E-state index contributed by atoms with van der Waals surface area (Å²) >= 11 is 0. The smallest absolute Gasteiger partial charge is 0.122 e. The molecule has 0 bridgehead atoms. The average molecular weight is 569 g/mol. The van der Waals surface area contributed by atoms with Crippen LogP contribution in [0.4, 0.5) is 0 Å². The Balaban J connectivity index is 0.000000258. The number of phenols is 4. The standard InChI is InChI=1S/C24H34O2.C14H14O2/c1-13-11-17(12-18(21(13)25)23(5,6)7)19-14(2)15(3)22(26)20(16(19)4)24(8,9)10;1-9-7-11(3-5-13(9)15)12-4-6-14(16)10(2)8-12/h11-12,25-26H,1-10H3;3-8,15-16H,1-2H3. The summed E-state index contributed by atoms with van der Waals surface area (Å²) < 4.78 is 0. The van der Waals surface area contributed by atoms with Crippen LogP contribution in [-0.2, 0) is 10.8 Å². The molecule has 0 unspecified atom stereocenters. The molecule has 0 spiro atoms. The number of rotatable bonds is 2. The van der Waals surface area contributed by atoms with Crippen molar-refractivity contribution in [2.45, 2.75) is 93.9 Å². The number of aromatic hydroxyl groups is 4. The van der Waals surface area contributed by atoms with Gasteiger partial charge < -0.3 is 20.4 Å². The SMILES string of the molecule is Cc1cc(-c2c(C)c(C)c(O)c(C(C)(C)C)c2C)cc(C(C)(C)C)c1O.Cc1cc(-c2ccc(O)c(C)c2)ccc1O. The highest BCUT2D eigenvalue weighted by Gasteiger charge is 2.27. The molecule has 42 heavy (non-hydrogen) atoms. The minimum atomic E-state index is -0.153. The molecular formula is C38H48O4. The van der Waals surface area contributed by atoms with Gasteiger partial charge in [0.2, 0.25) is 0 Å². The van der Waals surface area contributed by atoms with E-state index >= 15 is 0 Å².